The van der Waals surface area contributed by atoms with Gasteiger partial charge in [-0.1, -0.05) is 54.1 Å². The summed E-state index contributed by atoms with van der Waals surface area (Å²) in [6.45, 7) is 2.41. The lowest BCUT2D eigenvalue weighted by Crippen LogP contribution is -2.58. The van der Waals surface area contributed by atoms with Gasteiger partial charge in [-0.05, 0) is 53.6 Å². The van der Waals surface area contributed by atoms with Crippen molar-refractivity contribution in [2.45, 2.75) is 6.92 Å². The van der Waals surface area contributed by atoms with Gasteiger partial charge in [-0.15, -0.1) is 0 Å². The Kier molecular flexibility index (Phi) is 2.54. The summed E-state index contributed by atoms with van der Waals surface area (Å²) < 4.78 is 8.78. The zero-order chi connectivity index (χ0) is 18.4. The van der Waals surface area contributed by atoms with E-state index in [4.69, 9.17) is 4.74 Å². The van der Waals surface area contributed by atoms with Gasteiger partial charge >= 0.3 is 0 Å². The molecule has 2 aliphatic heterocycles. The minimum Gasteiger partial charge on any atom is -0.458 e. The SMILES string of the molecule is Cc1cc2c3c(c1)c1ccccc1n3-c1cccc3c1B2c1ccccc1O3. The van der Waals surface area contributed by atoms with Crippen LogP contribution in [0.4, 0.5) is 0 Å². The van der Waals surface area contributed by atoms with Crippen molar-refractivity contribution >= 4 is 44.9 Å². The molecule has 0 unspecified atom stereocenters. The highest BCUT2D eigenvalue weighted by atomic mass is 16.5. The molecule has 0 aliphatic carbocycles. The third-order valence-corrected chi connectivity index (χ3v) is 6.28. The van der Waals surface area contributed by atoms with Gasteiger partial charge < -0.3 is 9.30 Å². The molecule has 4 aromatic carbocycles. The lowest BCUT2D eigenvalue weighted by molar-refractivity contribution is 0.487. The fourth-order valence-electron chi connectivity index (χ4n) is 5.26. The first-order valence-electron chi connectivity index (χ1n) is 9.75. The monoisotopic (exact) mass is 357 g/mol. The quantitative estimate of drug-likeness (QED) is 0.374. The Bertz CT molecular complexity index is 1460. The molecule has 0 saturated heterocycles. The number of rotatable bonds is 0. The van der Waals surface area contributed by atoms with E-state index >= 15 is 0 Å². The van der Waals surface area contributed by atoms with E-state index in [0.717, 1.165) is 11.5 Å². The van der Waals surface area contributed by atoms with E-state index in [2.05, 4.69) is 90.4 Å². The van der Waals surface area contributed by atoms with Crippen molar-refractivity contribution in [3.05, 3.63) is 84.4 Å². The molecule has 0 spiro atoms. The normalized spacial score (nSPS) is 13.4. The summed E-state index contributed by atoms with van der Waals surface area (Å²) in [6.07, 6.45) is 0. The second kappa shape index (κ2) is 4.88. The first-order valence-corrected chi connectivity index (χ1v) is 9.75. The van der Waals surface area contributed by atoms with Gasteiger partial charge in [0.05, 0.1) is 5.52 Å². The molecule has 28 heavy (non-hydrogen) atoms. The zero-order valence-corrected chi connectivity index (χ0v) is 15.4. The van der Waals surface area contributed by atoms with E-state index in [-0.39, 0.29) is 6.71 Å². The largest absolute Gasteiger partial charge is 0.458 e. The lowest BCUT2D eigenvalue weighted by atomic mass is 9.34. The molecule has 130 valence electrons. The molecule has 2 aliphatic rings. The number of fused-ring (bicyclic) bond motifs is 7. The predicted molar refractivity (Wildman–Crippen MR) is 117 cm³/mol. The highest BCUT2D eigenvalue weighted by molar-refractivity contribution is 6.99. The molecule has 2 nitrogen and oxygen atoms in total. The van der Waals surface area contributed by atoms with Crippen LogP contribution in [-0.2, 0) is 0 Å². The van der Waals surface area contributed by atoms with Crippen LogP contribution in [0, 0.1) is 6.92 Å². The fraction of sp³-hybridized carbons (Fsp3) is 0.0400. The number of nitrogens with zero attached hydrogens (tertiary/aromatic N) is 1. The summed E-state index contributed by atoms with van der Waals surface area (Å²) in [5.41, 5.74) is 9.04. The van der Waals surface area contributed by atoms with Gasteiger partial charge in [0, 0.05) is 22.0 Å². The standard InChI is InChI=1S/C25H16BNO/c1-15-13-17-16-7-2-4-9-20(16)27-21-10-6-12-23-24(21)26(19(14-15)25(17)27)18-8-3-5-11-22(18)28-23/h2-14H,1H3. The number of benzene rings is 4. The molecule has 0 atom stereocenters. The Morgan fingerprint density at radius 3 is 2.54 bits per heavy atom. The van der Waals surface area contributed by atoms with E-state index < -0.39 is 0 Å². The Balaban J connectivity index is 1.77. The number of aromatic nitrogens is 1. The molecule has 1 aromatic heterocycles. The Labute approximate surface area is 163 Å². The average molecular weight is 357 g/mol. The topological polar surface area (TPSA) is 14.2 Å². The van der Waals surface area contributed by atoms with Crippen LogP contribution in [0.2, 0.25) is 0 Å². The van der Waals surface area contributed by atoms with E-state index in [9.17, 15) is 0 Å². The van der Waals surface area contributed by atoms with Crippen LogP contribution in [0.5, 0.6) is 11.5 Å². The number of hydrogen-bond acceptors (Lipinski definition) is 1. The summed E-state index contributed by atoms with van der Waals surface area (Å²) in [5, 5.41) is 2.65. The summed E-state index contributed by atoms with van der Waals surface area (Å²) >= 11 is 0. The second-order valence-corrected chi connectivity index (χ2v) is 7.86. The second-order valence-electron chi connectivity index (χ2n) is 7.86. The van der Waals surface area contributed by atoms with E-state index in [1.54, 1.807) is 0 Å². The molecule has 7 rings (SSSR count). The minimum absolute atomic E-state index is 0.204. The first-order chi connectivity index (χ1) is 13.8. The predicted octanol–water partition coefficient (Wildman–Crippen LogP) is 4.03. The van der Waals surface area contributed by atoms with Crippen molar-refractivity contribution in [3.8, 4) is 17.2 Å². The first kappa shape index (κ1) is 14.6. The average Bonchev–Trinajstić information content (AvgIpc) is 3.06. The molecule has 0 bridgehead atoms. The third-order valence-electron chi connectivity index (χ3n) is 6.28. The molecule has 0 saturated carbocycles. The van der Waals surface area contributed by atoms with Gasteiger partial charge in [0.25, 0.3) is 6.71 Å². The Morgan fingerprint density at radius 1 is 0.750 bits per heavy atom. The molecule has 0 N–H and O–H groups in total. The van der Waals surface area contributed by atoms with Crippen molar-refractivity contribution in [3.63, 3.8) is 0 Å². The highest BCUT2D eigenvalue weighted by Gasteiger charge is 2.39. The molecule has 0 fully saturated rings. The van der Waals surface area contributed by atoms with Crippen molar-refractivity contribution in [2.75, 3.05) is 0 Å². The maximum atomic E-state index is 6.34. The van der Waals surface area contributed by atoms with Crippen LogP contribution in [0.1, 0.15) is 5.56 Å². The molecule has 3 heterocycles. The third kappa shape index (κ3) is 1.61. The van der Waals surface area contributed by atoms with E-state index in [0.29, 0.717) is 0 Å². The van der Waals surface area contributed by atoms with Crippen molar-refractivity contribution in [1.82, 2.24) is 4.57 Å². The van der Waals surface area contributed by atoms with Crippen molar-refractivity contribution in [1.29, 1.82) is 0 Å². The molecular weight excluding hydrogens is 341 g/mol. The number of ether oxygens (including phenoxy) is 1. The highest BCUT2D eigenvalue weighted by Crippen LogP contribution is 2.37. The molecular formula is C25H16BNO. The van der Waals surface area contributed by atoms with Crippen LogP contribution in [-0.4, -0.2) is 11.3 Å². The van der Waals surface area contributed by atoms with Crippen LogP contribution in [0.25, 0.3) is 27.5 Å². The van der Waals surface area contributed by atoms with Crippen molar-refractivity contribution < 1.29 is 4.74 Å². The van der Waals surface area contributed by atoms with Gasteiger partial charge in [-0.3, -0.25) is 0 Å². The van der Waals surface area contributed by atoms with Crippen LogP contribution in [0.15, 0.2) is 78.9 Å². The number of para-hydroxylation sites is 2. The Morgan fingerprint density at radius 2 is 1.57 bits per heavy atom. The minimum atomic E-state index is 0.204. The molecule has 3 heteroatoms. The van der Waals surface area contributed by atoms with E-state index in [1.165, 1.54) is 49.4 Å². The van der Waals surface area contributed by atoms with Gasteiger partial charge in [0.2, 0.25) is 0 Å². The van der Waals surface area contributed by atoms with Gasteiger partial charge in [0.15, 0.2) is 0 Å². The van der Waals surface area contributed by atoms with Gasteiger partial charge in [0.1, 0.15) is 11.5 Å². The maximum Gasteiger partial charge on any atom is 0.256 e. The zero-order valence-electron chi connectivity index (χ0n) is 15.4. The van der Waals surface area contributed by atoms with Crippen LogP contribution >= 0.6 is 0 Å². The van der Waals surface area contributed by atoms with Crippen molar-refractivity contribution in [2.24, 2.45) is 0 Å². The summed E-state index contributed by atoms with van der Waals surface area (Å²) in [7, 11) is 0. The summed E-state index contributed by atoms with van der Waals surface area (Å²) in [6, 6.07) is 28.4. The molecule has 0 amide bonds. The van der Waals surface area contributed by atoms with E-state index in [1.807, 2.05) is 0 Å². The lowest BCUT2D eigenvalue weighted by Gasteiger charge is -2.33. The molecule has 5 aromatic rings. The summed E-state index contributed by atoms with van der Waals surface area (Å²) in [4.78, 5) is 0. The Hall–Kier alpha value is -3.46. The smallest absolute Gasteiger partial charge is 0.256 e. The maximum absolute atomic E-state index is 6.34. The number of hydrogen-bond donors (Lipinski definition) is 0. The molecule has 0 radical (unpaired) electrons. The van der Waals surface area contributed by atoms with Gasteiger partial charge in [-0.2, -0.15) is 0 Å². The van der Waals surface area contributed by atoms with Crippen LogP contribution < -0.4 is 21.1 Å². The summed E-state index contributed by atoms with van der Waals surface area (Å²) in [5.74, 6) is 1.94. The van der Waals surface area contributed by atoms with Gasteiger partial charge in [-0.25, -0.2) is 0 Å². The van der Waals surface area contributed by atoms with Crippen LogP contribution in [0.3, 0.4) is 0 Å². The fourth-order valence-corrected chi connectivity index (χ4v) is 5.26. The number of aryl methyl sites for hydroxylation is 1.